The molecule has 0 saturated heterocycles. The summed E-state index contributed by atoms with van der Waals surface area (Å²) >= 11 is 0. The van der Waals surface area contributed by atoms with Crippen molar-refractivity contribution in [2.45, 2.75) is 56.8 Å². The van der Waals surface area contributed by atoms with Gasteiger partial charge in [0, 0.05) is 23.6 Å². The molecule has 9 heteroatoms. The number of methoxy groups -OCH3 is 1. The van der Waals surface area contributed by atoms with Gasteiger partial charge >= 0.3 is 5.97 Å². The van der Waals surface area contributed by atoms with E-state index in [0.29, 0.717) is 17.9 Å². The van der Waals surface area contributed by atoms with Crippen molar-refractivity contribution in [2.24, 2.45) is 0 Å². The molecule has 1 aliphatic carbocycles. The van der Waals surface area contributed by atoms with Gasteiger partial charge in [0.25, 0.3) is 0 Å². The number of ether oxygens (including phenoxy) is 4. The largest absolute Gasteiger partial charge is 0.495 e. The number of hydrogen-bond donors (Lipinski definition) is 1. The first-order valence-electron chi connectivity index (χ1n) is 10.6. The van der Waals surface area contributed by atoms with Gasteiger partial charge in [-0.05, 0) is 57.0 Å². The third kappa shape index (κ3) is 4.83. The van der Waals surface area contributed by atoms with Crippen LogP contribution in [0.4, 0.5) is 0 Å². The van der Waals surface area contributed by atoms with Gasteiger partial charge in [0.2, 0.25) is 10.0 Å². The molecule has 1 aliphatic heterocycles. The lowest BCUT2D eigenvalue weighted by Gasteiger charge is -2.14. The maximum atomic E-state index is 12.7. The molecule has 0 aromatic heterocycles. The van der Waals surface area contributed by atoms with Crippen LogP contribution >= 0.6 is 0 Å². The van der Waals surface area contributed by atoms with E-state index in [1.807, 2.05) is 26.0 Å². The summed E-state index contributed by atoms with van der Waals surface area (Å²) in [6.07, 6.45) is 2.48. The van der Waals surface area contributed by atoms with Crippen molar-refractivity contribution in [1.82, 2.24) is 4.72 Å². The van der Waals surface area contributed by atoms with Crippen molar-refractivity contribution in [3.05, 3.63) is 47.0 Å². The van der Waals surface area contributed by atoms with E-state index in [-0.39, 0.29) is 35.0 Å². The first kappa shape index (κ1) is 22.4. The number of benzene rings is 2. The van der Waals surface area contributed by atoms with Gasteiger partial charge in [0.05, 0.1) is 19.3 Å². The Balaban J connectivity index is 1.53. The summed E-state index contributed by atoms with van der Waals surface area (Å²) in [6.45, 7) is 4.32. The lowest BCUT2D eigenvalue weighted by Crippen LogP contribution is -2.26. The Kier molecular flexibility index (Phi) is 6.30. The van der Waals surface area contributed by atoms with Gasteiger partial charge in [-0.1, -0.05) is 0 Å². The minimum Gasteiger partial charge on any atom is -0.495 e. The molecule has 1 atom stereocenters. The predicted molar refractivity (Wildman–Crippen MR) is 117 cm³/mol. The molecular formula is C23H27NO7S. The molecule has 1 heterocycles. The van der Waals surface area contributed by atoms with Crippen molar-refractivity contribution in [1.29, 1.82) is 0 Å². The molecule has 32 heavy (non-hydrogen) atoms. The zero-order valence-corrected chi connectivity index (χ0v) is 19.2. The van der Waals surface area contributed by atoms with Crippen LogP contribution in [0.2, 0.25) is 0 Å². The van der Waals surface area contributed by atoms with Crippen LogP contribution in [0.5, 0.6) is 17.2 Å². The summed E-state index contributed by atoms with van der Waals surface area (Å²) in [5, 5.41) is 0. The van der Waals surface area contributed by atoms with E-state index < -0.39 is 16.0 Å². The smallest absolute Gasteiger partial charge is 0.338 e. The number of sulfonamides is 1. The van der Waals surface area contributed by atoms with E-state index in [9.17, 15) is 13.2 Å². The zero-order valence-electron chi connectivity index (χ0n) is 18.3. The quantitative estimate of drug-likeness (QED) is 0.572. The van der Waals surface area contributed by atoms with Crippen molar-refractivity contribution in [3.8, 4) is 17.2 Å². The average molecular weight is 462 g/mol. The van der Waals surface area contributed by atoms with Crippen LogP contribution in [-0.2, 0) is 27.8 Å². The fourth-order valence-corrected chi connectivity index (χ4v) is 5.11. The van der Waals surface area contributed by atoms with E-state index in [2.05, 4.69) is 4.72 Å². The number of nitrogens with one attached hydrogen (secondary N) is 1. The van der Waals surface area contributed by atoms with E-state index >= 15 is 0 Å². The third-order valence-electron chi connectivity index (χ3n) is 5.33. The SMILES string of the molecule is CCOc1cc2c(cc1COC(=O)c1ccc(OC)c(S(=O)(=O)NC3CC3)c1)OC(C)C2. The molecule has 2 aromatic rings. The first-order chi connectivity index (χ1) is 15.3. The van der Waals surface area contributed by atoms with E-state index in [0.717, 1.165) is 30.6 Å². The molecule has 0 bridgehead atoms. The van der Waals surface area contributed by atoms with Gasteiger partial charge in [0.15, 0.2) is 0 Å². The molecule has 2 aliphatic rings. The summed E-state index contributed by atoms with van der Waals surface area (Å²) in [4.78, 5) is 12.6. The monoisotopic (exact) mass is 461 g/mol. The van der Waals surface area contributed by atoms with Crippen LogP contribution in [-0.4, -0.2) is 40.2 Å². The topological polar surface area (TPSA) is 100 Å². The number of fused-ring (bicyclic) bond motifs is 1. The Labute approximate surface area is 187 Å². The molecular weight excluding hydrogens is 434 g/mol. The fraction of sp³-hybridized carbons (Fsp3) is 0.435. The standard InChI is InChI=1S/C23H27NO7S/c1-4-29-20-10-16-9-14(2)31-21(16)11-17(20)13-30-23(25)15-5-8-19(28-3)22(12-15)32(26,27)24-18-6-7-18/h5,8,10-12,14,18,24H,4,6-7,9,13H2,1-3H3. The summed E-state index contributed by atoms with van der Waals surface area (Å²) < 4.78 is 50.2. The van der Waals surface area contributed by atoms with Gasteiger partial charge in [-0.25, -0.2) is 17.9 Å². The minimum absolute atomic E-state index is 0.0341. The molecule has 0 spiro atoms. The number of hydrogen-bond acceptors (Lipinski definition) is 7. The fourth-order valence-electron chi connectivity index (χ4n) is 3.61. The number of rotatable bonds is 9. The van der Waals surface area contributed by atoms with Crippen LogP contribution in [0.3, 0.4) is 0 Å². The zero-order chi connectivity index (χ0) is 22.9. The Morgan fingerprint density at radius 3 is 2.66 bits per heavy atom. The normalized spacial score (nSPS) is 17.4. The second-order valence-corrected chi connectivity index (χ2v) is 9.65. The molecule has 1 fully saturated rings. The highest BCUT2D eigenvalue weighted by Gasteiger charge is 2.30. The second-order valence-electron chi connectivity index (χ2n) is 7.97. The van der Waals surface area contributed by atoms with Gasteiger partial charge in [-0.15, -0.1) is 0 Å². The molecule has 0 amide bonds. The summed E-state index contributed by atoms with van der Waals surface area (Å²) in [7, 11) is -2.42. The van der Waals surface area contributed by atoms with Crippen LogP contribution < -0.4 is 18.9 Å². The van der Waals surface area contributed by atoms with Crippen LogP contribution in [0.25, 0.3) is 0 Å². The summed E-state index contributed by atoms with van der Waals surface area (Å²) in [5.41, 5.74) is 1.86. The van der Waals surface area contributed by atoms with Crippen LogP contribution in [0, 0.1) is 0 Å². The van der Waals surface area contributed by atoms with Gasteiger partial charge in [0.1, 0.15) is 34.9 Å². The highest BCUT2D eigenvalue weighted by molar-refractivity contribution is 7.89. The lowest BCUT2D eigenvalue weighted by molar-refractivity contribution is 0.0469. The minimum atomic E-state index is -3.81. The number of esters is 1. The molecule has 172 valence electrons. The Morgan fingerprint density at radius 2 is 1.97 bits per heavy atom. The highest BCUT2D eigenvalue weighted by atomic mass is 32.2. The number of carbonyl (C=O) groups excluding carboxylic acids is 1. The van der Waals surface area contributed by atoms with E-state index in [1.54, 1.807) is 0 Å². The number of carbonyl (C=O) groups is 1. The Morgan fingerprint density at radius 1 is 1.19 bits per heavy atom. The summed E-state index contributed by atoms with van der Waals surface area (Å²) in [5.74, 6) is 0.922. The average Bonchev–Trinajstić information content (AvgIpc) is 3.49. The maximum Gasteiger partial charge on any atom is 0.338 e. The molecule has 1 saturated carbocycles. The van der Waals surface area contributed by atoms with Crippen LogP contribution in [0.15, 0.2) is 35.2 Å². The molecule has 1 N–H and O–H groups in total. The van der Waals surface area contributed by atoms with Gasteiger partial charge in [-0.2, -0.15) is 0 Å². The first-order valence-corrected chi connectivity index (χ1v) is 12.1. The molecule has 8 nitrogen and oxygen atoms in total. The van der Waals surface area contributed by atoms with Crippen molar-refractivity contribution >= 4 is 16.0 Å². The van der Waals surface area contributed by atoms with Crippen LogP contribution in [0.1, 0.15) is 48.2 Å². The third-order valence-corrected chi connectivity index (χ3v) is 6.87. The maximum absolute atomic E-state index is 12.7. The van der Waals surface area contributed by atoms with Crippen molar-refractivity contribution in [3.63, 3.8) is 0 Å². The molecule has 2 aromatic carbocycles. The molecule has 1 unspecified atom stereocenters. The van der Waals surface area contributed by atoms with Gasteiger partial charge < -0.3 is 18.9 Å². The van der Waals surface area contributed by atoms with Crippen molar-refractivity contribution < 1.29 is 32.2 Å². The second kappa shape index (κ2) is 8.99. The molecule has 4 rings (SSSR count). The Hall–Kier alpha value is -2.78. The van der Waals surface area contributed by atoms with Gasteiger partial charge in [-0.3, -0.25) is 0 Å². The predicted octanol–water partition coefficient (Wildman–Crippen LogP) is 3.22. The Bertz CT molecular complexity index is 1130. The summed E-state index contributed by atoms with van der Waals surface area (Å²) in [6, 6.07) is 7.90. The highest BCUT2D eigenvalue weighted by Crippen LogP contribution is 2.36. The van der Waals surface area contributed by atoms with E-state index in [1.165, 1.54) is 25.3 Å². The van der Waals surface area contributed by atoms with E-state index in [4.69, 9.17) is 18.9 Å². The molecule has 0 radical (unpaired) electrons. The van der Waals surface area contributed by atoms with Crippen molar-refractivity contribution in [2.75, 3.05) is 13.7 Å². The lowest BCUT2D eigenvalue weighted by atomic mass is 10.1.